The number of rotatable bonds is 4. The first-order valence-electron chi connectivity index (χ1n) is 4.38. The van der Waals surface area contributed by atoms with Gasteiger partial charge in [-0.15, -0.1) is 0 Å². The van der Waals surface area contributed by atoms with Crippen LogP contribution < -0.4 is 11.5 Å². The van der Waals surface area contributed by atoms with Crippen LogP contribution in [0.25, 0.3) is 0 Å². The quantitative estimate of drug-likeness (QED) is 0.634. The third-order valence-electron chi connectivity index (χ3n) is 2.20. The molecule has 0 radical (unpaired) electrons. The summed E-state index contributed by atoms with van der Waals surface area (Å²) in [7, 11) is -4.20. The molecule has 0 aromatic heterocycles. The molecule has 5 N–H and O–H groups in total. The molecule has 1 aromatic carbocycles. The maximum absolute atomic E-state index is 11.9. The number of benzene rings is 1. The zero-order valence-electron chi connectivity index (χ0n) is 8.33. The molecule has 0 spiro atoms. The number of carbonyl (C=O) groups is 1. The zero-order valence-corrected chi connectivity index (χ0v) is 9.15. The molecule has 0 unspecified atom stereocenters. The van der Waals surface area contributed by atoms with Gasteiger partial charge >= 0.3 is 5.97 Å². The lowest BCUT2D eigenvalue weighted by Crippen LogP contribution is -2.59. The molecule has 0 bridgehead atoms. The fourth-order valence-electron chi connectivity index (χ4n) is 1.12. The SMILES string of the molecule is NC[C@@](N)(C(=O)O)S(=O)(=O)c1ccccc1. The summed E-state index contributed by atoms with van der Waals surface area (Å²) in [6.07, 6.45) is 0. The number of aliphatic carboxylic acids is 1. The van der Waals surface area contributed by atoms with E-state index >= 15 is 0 Å². The lowest BCUT2D eigenvalue weighted by Gasteiger charge is -2.22. The molecule has 0 saturated heterocycles. The summed E-state index contributed by atoms with van der Waals surface area (Å²) in [5, 5.41) is 8.85. The van der Waals surface area contributed by atoms with E-state index in [2.05, 4.69) is 0 Å². The summed E-state index contributed by atoms with van der Waals surface area (Å²) < 4.78 is 23.9. The maximum Gasteiger partial charge on any atom is 0.341 e. The van der Waals surface area contributed by atoms with Gasteiger partial charge in [0, 0.05) is 6.54 Å². The van der Waals surface area contributed by atoms with Crippen molar-refractivity contribution in [1.29, 1.82) is 0 Å². The van der Waals surface area contributed by atoms with Gasteiger partial charge in [-0.3, -0.25) is 0 Å². The Hall–Kier alpha value is -1.44. The van der Waals surface area contributed by atoms with Gasteiger partial charge in [0.25, 0.3) is 0 Å². The van der Waals surface area contributed by atoms with Crippen molar-refractivity contribution in [3.05, 3.63) is 30.3 Å². The third-order valence-corrected chi connectivity index (χ3v) is 4.39. The second-order valence-corrected chi connectivity index (χ2v) is 5.42. The molecule has 1 atom stereocenters. The van der Waals surface area contributed by atoms with Crippen LogP contribution in [0.2, 0.25) is 0 Å². The molecule has 0 aliphatic carbocycles. The smallest absolute Gasteiger partial charge is 0.341 e. The summed E-state index contributed by atoms with van der Waals surface area (Å²) in [6.45, 7) is -0.695. The summed E-state index contributed by atoms with van der Waals surface area (Å²) >= 11 is 0. The summed E-state index contributed by atoms with van der Waals surface area (Å²) in [5.41, 5.74) is 10.5. The highest BCUT2D eigenvalue weighted by Gasteiger charge is 2.47. The fourth-order valence-corrected chi connectivity index (χ4v) is 2.51. The molecule has 16 heavy (non-hydrogen) atoms. The molecule has 1 aromatic rings. The predicted molar refractivity (Wildman–Crippen MR) is 57.2 cm³/mol. The summed E-state index contributed by atoms with van der Waals surface area (Å²) in [5.74, 6) is -1.67. The van der Waals surface area contributed by atoms with Gasteiger partial charge in [-0.2, -0.15) is 0 Å². The van der Waals surface area contributed by atoms with Crippen LogP contribution in [0.1, 0.15) is 0 Å². The Bertz CT molecular complexity index is 485. The Balaban J connectivity index is 3.37. The lowest BCUT2D eigenvalue weighted by atomic mass is 10.3. The molecule has 0 amide bonds. The van der Waals surface area contributed by atoms with Crippen LogP contribution in [0, 0.1) is 0 Å². The Labute approximate surface area is 92.8 Å². The van der Waals surface area contributed by atoms with E-state index in [4.69, 9.17) is 16.6 Å². The van der Waals surface area contributed by atoms with Gasteiger partial charge in [-0.1, -0.05) is 18.2 Å². The van der Waals surface area contributed by atoms with Gasteiger partial charge < -0.3 is 16.6 Å². The second-order valence-electron chi connectivity index (χ2n) is 3.22. The van der Waals surface area contributed by atoms with E-state index in [0.717, 1.165) is 0 Å². The van der Waals surface area contributed by atoms with Gasteiger partial charge in [-0.25, -0.2) is 13.2 Å². The third kappa shape index (κ3) is 1.80. The first-order chi connectivity index (χ1) is 7.36. The molecule has 0 saturated carbocycles. The van der Waals surface area contributed by atoms with Crippen LogP contribution in [0.5, 0.6) is 0 Å². The van der Waals surface area contributed by atoms with Gasteiger partial charge in [-0.05, 0) is 12.1 Å². The molecule has 1 rings (SSSR count). The van der Waals surface area contributed by atoms with Gasteiger partial charge in [0.2, 0.25) is 14.7 Å². The molecule has 88 valence electrons. The Kier molecular flexibility index (Phi) is 3.32. The molecule has 0 aliphatic heterocycles. The van der Waals surface area contributed by atoms with Crippen molar-refractivity contribution in [2.45, 2.75) is 9.77 Å². The van der Waals surface area contributed by atoms with Crippen molar-refractivity contribution in [2.75, 3.05) is 6.54 Å². The molecular formula is C9H12N2O4S. The standard InChI is InChI=1S/C9H12N2O4S/c10-6-9(11,8(12)13)16(14,15)7-4-2-1-3-5-7/h1-5H,6,10-11H2,(H,12,13)/t9-/m0/s1. The van der Waals surface area contributed by atoms with Gasteiger partial charge in [0.15, 0.2) is 0 Å². The van der Waals surface area contributed by atoms with Crippen molar-refractivity contribution in [3.8, 4) is 0 Å². The van der Waals surface area contributed by atoms with Crippen LogP contribution in [0.15, 0.2) is 35.2 Å². The van der Waals surface area contributed by atoms with E-state index in [0.29, 0.717) is 0 Å². The Morgan fingerprint density at radius 2 is 1.81 bits per heavy atom. The minimum Gasteiger partial charge on any atom is -0.479 e. The van der Waals surface area contributed by atoms with Crippen LogP contribution >= 0.6 is 0 Å². The van der Waals surface area contributed by atoms with E-state index in [-0.39, 0.29) is 4.90 Å². The normalized spacial score (nSPS) is 15.4. The molecule has 6 nitrogen and oxygen atoms in total. The number of carboxylic acids is 1. The zero-order chi connectivity index (χ0) is 12.4. The number of sulfone groups is 1. The highest BCUT2D eigenvalue weighted by atomic mass is 32.2. The molecule has 7 heteroatoms. The van der Waals surface area contributed by atoms with Crippen LogP contribution in [0.4, 0.5) is 0 Å². The Morgan fingerprint density at radius 1 is 1.31 bits per heavy atom. The van der Waals surface area contributed by atoms with E-state index in [1.54, 1.807) is 6.07 Å². The first kappa shape index (κ1) is 12.6. The lowest BCUT2D eigenvalue weighted by molar-refractivity contribution is -0.139. The highest BCUT2D eigenvalue weighted by Crippen LogP contribution is 2.20. The van der Waals surface area contributed by atoms with Gasteiger partial charge in [0.05, 0.1) is 4.90 Å². The summed E-state index contributed by atoms with van der Waals surface area (Å²) in [6, 6.07) is 7.11. The average molecular weight is 244 g/mol. The van der Waals surface area contributed by atoms with Crippen molar-refractivity contribution >= 4 is 15.8 Å². The van der Waals surface area contributed by atoms with E-state index in [9.17, 15) is 13.2 Å². The number of hydrogen-bond donors (Lipinski definition) is 3. The van der Waals surface area contributed by atoms with Gasteiger partial charge in [0.1, 0.15) is 0 Å². The Morgan fingerprint density at radius 3 is 2.19 bits per heavy atom. The molecule has 0 fully saturated rings. The highest BCUT2D eigenvalue weighted by molar-refractivity contribution is 7.93. The topological polar surface area (TPSA) is 123 Å². The fraction of sp³-hybridized carbons (Fsp3) is 0.222. The first-order valence-corrected chi connectivity index (χ1v) is 5.86. The largest absolute Gasteiger partial charge is 0.479 e. The minimum absolute atomic E-state index is 0.162. The maximum atomic E-state index is 11.9. The van der Waals surface area contributed by atoms with E-state index < -0.39 is 27.2 Å². The predicted octanol–water partition coefficient (Wildman–Crippen LogP) is -0.841. The molecule has 0 aliphatic rings. The van der Waals surface area contributed by atoms with Crippen molar-refractivity contribution in [3.63, 3.8) is 0 Å². The van der Waals surface area contributed by atoms with E-state index in [1.807, 2.05) is 0 Å². The monoisotopic (exact) mass is 244 g/mol. The molecule has 0 heterocycles. The number of hydrogen-bond acceptors (Lipinski definition) is 5. The number of carboxylic acid groups (broad SMARTS) is 1. The average Bonchev–Trinajstić information content (AvgIpc) is 2.28. The van der Waals surface area contributed by atoms with Crippen molar-refractivity contribution in [2.24, 2.45) is 11.5 Å². The summed E-state index contributed by atoms with van der Waals surface area (Å²) in [4.78, 5) is 8.23. The van der Waals surface area contributed by atoms with Crippen LogP contribution in [-0.2, 0) is 14.6 Å². The van der Waals surface area contributed by atoms with Crippen LogP contribution in [0.3, 0.4) is 0 Å². The second kappa shape index (κ2) is 4.20. The van der Waals surface area contributed by atoms with Crippen molar-refractivity contribution < 1.29 is 18.3 Å². The minimum atomic E-state index is -4.20. The number of nitrogens with two attached hydrogens (primary N) is 2. The van der Waals surface area contributed by atoms with E-state index in [1.165, 1.54) is 24.3 Å². The molecular weight excluding hydrogens is 232 g/mol. The van der Waals surface area contributed by atoms with Crippen LogP contribution in [-0.4, -0.2) is 30.9 Å². The van der Waals surface area contributed by atoms with Crippen molar-refractivity contribution in [1.82, 2.24) is 0 Å².